The summed E-state index contributed by atoms with van der Waals surface area (Å²) in [5, 5.41) is 17.0. The van der Waals surface area contributed by atoms with Gasteiger partial charge in [-0.1, -0.05) is 6.08 Å². The number of methoxy groups -OCH3 is 2. The fourth-order valence-corrected chi connectivity index (χ4v) is 2.25. The highest BCUT2D eigenvalue weighted by Crippen LogP contribution is 2.28. The van der Waals surface area contributed by atoms with E-state index in [9.17, 15) is 4.79 Å². The van der Waals surface area contributed by atoms with Crippen LogP contribution in [0, 0.1) is 0 Å². The number of ether oxygens (including phenoxy) is 2. The standard InChI is InChI=1S/C17H15N3O5/c1-23-13-5-3-4-12(15(18-13)24-2)16-20-19-14(25-16)10-6-8-11(9-7-10)17(21)22/h3,5-9H,4H2,1-2H3,(H,21,22). The lowest BCUT2D eigenvalue weighted by molar-refractivity contribution is 0.0697. The molecule has 25 heavy (non-hydrogen) atoms. The Morgan fingerprint density at radius 2 is 1.84 bits per heavy atom. The summed E-state index contributed by atoms with van der Waals surface area (Å²) in [4.78, 5) is 15.2. The molecule has 8 nitrogen and oxygen atoms in total. The molecule has 0 aliphatic carbocycles. The predicted octanol–water partition coefficient (Wildman–Crippen LogP) is 2.75. The van der Waals surface area contributed by atoms with Crippen LogP contribution in [0.1, 0.15) is 22.7 Å². The second kappa shape index (κ2) is 7.00. The Hall–Kier alpha value is -3.42. The van der Waals surface area contributed by atoms with Gasteiger partial charge in [-0.15, -0.1) is 10.2 Å². The average Bonchev–Trinajstić information content (AvgIpc) is 3.02. The molecule has 0 radical (unpaired) electrons. The summed E-state index contributed by atoms with van der Waals surface area (Å²) < 4.78 is 16.1. The molecule has 8 heteroatoms. The Morgan fingerprint density at radius 3 is 2.48 bits per heavy atom. The number of aliphatic imine (C=N–C) groups is 1. The topological polar surface area (TPSA) is 107 Å². The maximum atomic E-state index is 10.9. The third kappa shape index (κ3) is 3.42. The van der Waals surface area contributed by atoms with E-state index in [-0.39, 0.29) is 17.3 Å². The number of nitrogens with zero attached hydrogens (tertiary/aromatic N) is 3. The molecule has 2 heterocycles. The van der Waals surface area contributed by atoms with Gasteiger partial charge in [-0.3, -0.25) is 0 Å². The van der Waals surface area contributed by atoms with Crippen LogP contribution in [0.5, 0.6) is 0 Å². The largest absolute Gasteiger partial charge is 0.481 e. The average molecular weight is 341 g/mol. The number of carboxylic acid groups (broad SMARTS) is 1. The number of hydrogen-bond donors (Lipinski definition) is 1. The van der Waals surface area contributed by atoms with E-state index in [0.717, 1.165) is 0 Å². The first-order valence-electron chi connectivity index (χ1n) is 7.36. The lowest BCUT2D eigenvalue weighted by Gasteiger charge is -2.04. The molecule has 1 aliphatic rings. The molecular formula is C17H15N3O5. The van der Waals surface area contributed by atoms with Gasteiger partial charge in [0.2, 0.25) is 23.6 Å². The highest BCUT2D eigenvalue weighted by molar-refractivity contribution is 5.90. The summed E-state index contributed by atoms with van der Waals surface area (Å²) in [5.74, 6) is 0.304. The van der Waals surface area contributed by atoms with Crippen molar-refractivity contribution in [2.75, 3.05) is 14.2 Å². The van der Waals surface area contributed by atoms with Crippen LogP contribution in [0.4, 0.5) is 0 Å². The molecule has 2 aromatic rings. The van der Waals surface area contributed by atoms with E-state index >= 15 is 0 Å². The van der Waals surface area contributed by atoms with Crippen molar-refractivity contribution in [1.82, 2.24) is 10.2 Å². The number of allylic oxidation sites excluding steroid dienone is 2. The van der Waals surface area contributed by atoms with Crippen molar-refractivity contribution < 1.29 is 23.8 Å². The fraction of sp³-hybridized carbons (Fsp3) is 0.176. The lowest BCUT2D eigenvalue weighted by Crippen LogP contribution is -1.98. The fourth-order valence-electron chi connectivity index (χ4n) is 2.25. The summed E-state index contributed by atoms with van der Waals surface area (Å²) in [5.41, 5.74) is 1.43. The minimum Gasteiger partial charge on any atom is -0.481 e. The maximum Gasteiger partial charge on any atom is 0.335 e. The second-order valence-electron chi connectivity index (χ2n) is 5.04. The van der Waals surface area contributed by atoms with E-state index in [1.807, 2.05) is 6.08 Å². The molecule has 1 aromatic carbocycles. The molecule has 0 saturated heterocycles. The zero-order chi connectivity index (χ0) is 17.8. The van der Waals surface area contributed by atoms with Gasteiger partial charge in [0.05, 0.1) is 25.4 Å². The molecule has 0 fully saturated rings. The first kappa shape index (κ1) is 16.4. The zero-order valence-electron chi connectivity index (χ0n) is 13.6. The molecule has 0 spiro atoms. The smallest absolute Gasteiger partial charge is 0.335 e. The summed E-state index contributed by atoms with van der Waals surface area (Å²) in [6.45, 7) is 0. The number of carboxylic acids is 1. The van der Waals surface area contributed by atoms with E-state index in [0.29, 0.717) is 29.3 Å². The maximum absolute atomic E-state index is 10.9. The molecule has 0 bridgehead atoms. The Bertz CT molecular complexity index is 878. The number of aromatic nitrogens is 2. The number of carbonyl (C=O) groups is 1. The van der Waals surface area contributed by atoms with E-state index in [4.69, 9.17) is 19.0 Å². The molecule has 0 amide bonds. The number of benzene rings is 1. The minimum atomic E-state index is -0.996. The van der Waals surface area contributed by atoms with Crippen molar-refractivity contribution in [3.8, 4) is 11.5 Å². The predicted molar refractivity (Wildman–Crippen MR) is 88.8 cm³/mol. The number of aromatic carboxylic acids is 1. The molecule has 3 rings (SSSR count). The lowest BCUT2D eigenvalue weighted by atomic mass is 10.1. The second-order valence-corrected chi connectivity index (χ2v) is 5.04. The molecular weight excluding hydrogens is 326 g/mol. The first-order chi connectivity index (χ1) is 12.1. The summed E-state index contributed by atoms with van der Waals surface area (Å²) >= 11 is 0. The molecule has 0 saturated carbocycles. The summed E-state index contributed by atoms with van der Waals surface area (Å²) in [7, 11) is 3.02. The Balaban J connectivity index is 1.95. The SMILES string of the molecule is COC1=NC(OC)=C(c2nnc(-c3ccc(C(=O)O)cc3)o2)CC=C1. The molecule has 1 N–H and O–H groups in total. The third-order valence-corrected chi connectivity index (χ3v) is 3.52. The van der Waals surface area contributed by atoms with E-state index in [1.54, 1.807) is 18.2 Å². The van der Waals surface area contributed by atoms with E-state index < -0.39 is 5.97 Å². The van der Waals surface area contributed by atoms with Gasteiger partial charge >= 0.3 is 5.97 Å². The van der Waals surface area contributed by atoms with Crippen molar-refractivity contribution in [3.05, 3.63) is 53.8 Å². The van der Waals surface area contributed by atoms with Crippen molar-refractivity contribution in [2.45, 2.75) is 6.42 Å². The third-order valence-electron chi connectivity index (χ3n) is 3.52. The Morgan fingerprint density at radius 1 is 1.12 bits per heavy atom. The van der Waals surface area contributed by atoms with Gasteiger partial charge in [-0.25, -0.2) is 4.79 Å². The minimum absolute atomic E-state index is 0.184. The van der Waals surface area contributed by atoms with Crippen molar-refractivity contribution in [1.29, 1.82) is 0 Å². The monoisotopic (exact) mass is 341 g/mol. The molecule has 1 aromatic heterocycles. The summed E-state index contributed by atoms with van der Waals surface area (Å²) in [6.07, 6.45) is 4.07. The molecule has 1 aliphatic heterocycles. The van der Waals surface area contributed by atoms with Crippen LogP contribution in [0.2, 0.25) is 0 Å². The Kier molecular flexibility index (Phi) is 4.60. The van der Waals surface area contributed by atoms with Crippen LogP contribution >= 0.6 is 0 Å². The van der Waals surface area contributed by atoms with E-state index in [2.05, 4.69) is 15.2 Å². The van der Waals surface area contributed by atoms with Gasteiger partial charge in [0.25, 0.3) is 0 Å². The van der Waals surface area contributed by atoms with Gasteiger partial charge < -0.3 is 19.0 Å². The molecule has 128 valence electrons. The first-order valence-corrected chi connectivity index (χ1v) is 7.36. The van der Waals surface area contributed by atoms with Crippen LogP contribution in [0.15, 0.2) is 51.7 Å². The van der Waals surface area contributed by atoms with Crippen LogP contribution in [0.3, 0.4) is 0 Å². The van der Waals surface area contributed by atoms with Gasteiger partial charge in [-0.2, -0.15) is 4.99 Å². The van der Waals surface area contributed by atoms with Crippen LogP contribution in [-0.2, 0) is 9.47 Å². The molecule has 0 atom stereocenters. The van der Waals surface area contributed by atoms with Crippen LogP contribution < -0.4 is 0 Å². The van der Waals surface area contributed by atoms with Gasteiger partial charge in [0.1, 0.15) is 0 Å². The van der Waals surface area contributed by atoms with Gasteiger partial charge in [0.15, 0.2) is 0 Å². The van der Waals surface area contributed by atoms with Crippen molar-refractivity contribution >= 4 is 17.4 Å². The number of hydrogen-bond acceptors (Lipinski definition) is 7. The van der Waals surface area contributed by atoms with E-state index in [1.165, 1.54) is 26.4 Å². The Labute approximate surface area is 143 Å². The quantitative estimate of drug-likeness (QED) is 0.911. The van der Waals surface area contributed by atoms with Crippen molar-refractivity contribution in [2.24, 2.45) is 4.99 Å². The van der Waals surface area contributed by atoms with Crippen LogP contribution in [0.25, 0.3) is 17.0 Å². The zero-order valence-corrected chi connectivity index (χ0v) is 13.6. The molecule has 0 unspecified atom stereocenters. The van der Waals surface area contributed by atoms with Gasteiger partial charge in [-0.05, 0) is 30.3 Å². The van der Waals surface area contributed by atoms with Crippen molar-refractivity contribution in [3.63, 3.8) is 0 Å². The summed E-state index contributed by atoms with van der Waals surface area (Å²) in [6, 6.07) is 6.18. The van der Waals surface area contributed by atoms with Crippen LogP contribution in [-0.4, -0.2) is 41.4 Å². The highest BCUT2D eigenvalue weighted by atomic mass is 16.5. The normalized spacial score (nSPS) is 14.1. The van der Waals surface area contributed by atoms with Gasteiger partial charge in [0, 0.05) is 12.0 Å². The highest BCUT2D eigenvalue weighted by Gasteiger charge is 2.19. The number of rotatable bonds is 4.